The van der Waals surface area contributed by atoms with E-state index < -0.39 is 4.92 Å². The molecule has 0 spiro atoms. The van der Waals surface area contributed by atoms with Gasteiger partial charge in [0.2, 0.25) is 5.91 Å². The summed E-state index contributed by atoms with van der Waals surface area (Å²) in [5.74, 6) is -0.0557. The van der Waals surface area contributed by atoms with Crippen LogP contribution in [-0.2, 0) is 4.79 Å². The highest BCUT2D eigenvalue weighted by molar-refractivity contribution is 5.76. The molecule has 1 aromatic carbocycles. The maximum absolute atomic E-state index is 11.6. The van der Waals surface area contributed by atoms with Crippen LogP contribution in [0.15, 0.2) is 24.3 Å². The molecule has 0 aliphatic heterocycles. The number of nitrogens with zero attached hydrogens (tertiary/aromatic N) is 2. The van der Waals surface area contributed by atoms with Crippen LogP contribution in [0, 0.1) is 10.1 Å². The first kappa shape index (κ1) is 16.9. The second-order valence-corrected chi connectivity index (χ2v) is 4.96. The lowest BCUT2D eigenvalue weighted by Crippen LogP contribution is -2.28. The molecular formula is C14H22N4O3. The smallest absolute Gasteiger partial charge is 0.292 e. The first-order valence-electron chi connectivity index (χ1n) is 6.89. The Labute approximate surface area is 124 Å². The van der Waals surface area contributed by atoms with Crippen molar-refractivity contribution >= 4 is 17.3 Å². The van der Waals surface area contributed by atoms with Crippen LogP contribution in [0.1, 0.15) is 12.8 Å². The largest absolute Gasteiger partial charge is 0.379 e. The van der Waals surface area contributed by atoms with Crippen molar-refractivity contribution < 1.29 is 9.72 Å². The number of nitro benzene ring substituents is 1. The Morgan fingerprint density at radius 2 is 2.00 bits per heavy atom. The van der Waals surface area contributed by atoms with E-state index >= 15 is 0 Å². The minimum Gasteiger partial charge on any atom is -0.379 e. The number of para-hydroxylation sites is 2. The Bertz CT molecular complexity index is 477. The van der Waals surface area contributed by atoms with Gasteiger partial charge in [0.25, 0.3) is 5.69 Å². The predicted molar refractivity (Wildman–Crippen MR) is 82.4 cm³/mol. The van der Waals surface area contributed by atoms with E-state index in [0.717, 1.165) is 13.0 Å². The molecule has 116 valence electrons. The third-order valence-electron chi connectivity index (χ3n) is 2.87. The number of hydrogen-bond acceptors (Lipinski definition) is 5. The normalized spacial score (nSPS) is 10.4. The highest BCUT2D eigenvalue weighted by atomic mass is 16.6. The van der Waals surface area contributed by atoms with Crippen LogP contribution in [-0.4, -0.2) is 49.5 Å². The Morgan fingerprint density at radius 1 is 1.29 bits per heavy atom. The number of carbonyl (C=O) groups excluding carboxylic acids is 1. The fraction of sp³-hybridized carbons (Fsp3) is 0.500. The summed E-state index contributed by atoms with van der Waals surface area (Å²) in [6, 6.07) is 6.40. The molecule has 7 nitrogen and oxygen atoms in total. The number of hydrogen-bond donors (Lipinski definition) is 2. The molecule has 1 rings (SSSR count). The van der Waals surface area contributed by atoms with E-state index in [4.69, 9.17) is 0 Å². The van der Waals surface area contributed by atoms with E-state index in [0.29, 0.717) is 18.8 Å². The van der Waals surface area contributed by atoms with Gasteiger partial charge in [-0.15, -0.1) is 0 Å². The van der Waals surface area contributed by atoms with Gasteiger partial charge >= 0.3 is 0 Å². The standard InChI is InChI=1S/C14H22N4O3/c1-17(2)11-5-9-16-14(19)8-10-15-12-6-3-4-7-13(12)18(20)21/h3-4,6-7,15H,5,8-11H2,1-2H3,(H,16,19). The molecule has 0 atom stereocenters. The van der Waals surface area contributed by atoms with E-state index in [2.05, 4.69) is 15.5 Å². The van der Waals surface area contributed by atoms with Crippen LogP contribution in [0.5, 0.6) is 0 Å². The van der Waals surface area contributed by atoms with Crippen LogP contribution in [0.25, 0.3) is 0 Å². The van der Waals surface area contributed by atoms with Crippen LogP contribution < -0.4 is 10.6 Å². The quantitative estimate of drug-likeness (QED) is 0.409. The monoisotopic (exact) mass is 294 g/mol. The fourth-order valence-electron chi connectivity index (χ4n) is 1.80. The van der Waals surface area contributed by atoms with E-state index in [1.54, 1.807) is 18.2 Å². The summed E-state index contributed by atoms with van der Waals surface area (Å²) in [5, 5.41) is 16.6. The summed E-state index contributed by atoms with van der Waals surface area (Å²) in [5.41, 5.74) is 0.451. The van der Waals surface area contributed by atoms with Crippen molar-refractivity contribution in [3.05, 3.63) is 34.4 Å². The van der Waals surface area contributed by atoms with Gasteiger partial charge < -0.3 is 15.5 Å². The molecule has 0 unspecified atom stereocenters. The Hall–Kier alpha value is -2.15. The molecular weight excluding hydrogens is 272 g/mol. The van der Waals surface area contributed by atoms with Gasteiger partial charge in [-0.25, -0.2) is 0 Å². The minimum absolute atomic E-state index is 0.0175. The number of nitrogens with one attached hydrogen (secondary N) is 2. The van der Waals surface area contributed by atoms with E-state index in [9.17, 15) is 14.9 Å². The lowest BCUT2D eigenvalue weighted by atomic mass is 10.2. The third-order valence-corrected chi connectivity index (χ3v) is 2.87. The molecule has 0 aliphatic carbocycles. The molecule has 7 heteroatoms. The second-order valence-electron chi connectivity index (χ2n) is 4.96. The average Bonchev–Trinajstić information content (AvgIpc) is 2.44. The molecule has 0 aliphatic rings. The van der Waals surface area contributed by atoms with Crippen LogP contribution in [0.4, 0.5) is 11.4 Å². The molecule has 21 heavy (non-hydrogen) atoms. The predicted octanol–water partition coefficient (Wildman–Crippen LogP) is 1.46. The summed E-state index contributed by atoms with van der Waals surface area (Å²) in [6.45, 7) is 1.93. The molecule has 1 amide bonds. The molecule has 0 radical (unpaired) electrons. The van der Waals surface area contributed by atoms with Crippen molar-refractivity contribution in [2.24, 2.45) is 0 Å². The summed E-state index contributed by atoms with van der Waals surface area (Å²) >= 11 is 0. The van der Waals surface area contributed by atoms with Crippen LogP contribution in [0.2, 0.25) is 0 Å². The van der Waals surface area contributed by atoms with Gasteiger partial charge in [0.1, 0.15) is 5.69 Å². The van der Waals surface area contributed by atoms with E-state index in [-0.39, 0.29) is 18.0 Å². The molecule has 1 aromatic rings. The maximum atomic E-state index is 11.6. The Balaban J connectivity index is 2.27. The molecule has 2 N–H and O–H groups in total. The highest BCUT2D eigenvalue weighted by Crippen LogP contribution is 2.22. The van der Waals surface area contributed by atoms with Gasteiger partial charge in [0.05, 0.1) is 4.92 Å². The van der Waals surface area contributed by atoms with Crippen molar-refractivity contribution in [2.75, 3.05) is 39.0 Å². The van der Waals surface area contributed by atoms with Crippen LogP contribution in [0.3, 0.4) is 0 Å². The van der Waals surface area contributed by atoms with Crippen molar-refractivity contribution in [2.45, 2.75) is 12.8 Å². The fourth-order valence-corrected chi connectivity index (χ4v) is 1.80. The summed E-state index contributed by atoms with van der Waals surface area (Å²) in [4.78, 5) is 24.0. The first-order chi connectivity index (χ1) is 10.0. The van der Waals surface area contributed by atoms with Crippen molar-refractivity contribution in [3.8, 4) is 0 Å². The second kappa shape index (κ2) is 8.91. The maximum Gasteiger partial charge on any atom is 0.292 e. The Morgan fingerprint density at radius 3 is 2.67 bits per heavy atom. The molecule has 0 bridgehead atoms. The van der Waals surface area contributed by atoms with Crippen molar-refractivity contribution in [1.29, 1.82) is 0 Å². The average molecular weight is 294 g/mol. The number of anilines is 1. The van der Waals surface area contributed by atoms with Gasteiger partial charge in [-0.1, -0.05) is 12.1 Å². The molecule has 0 saturated heterocycles. The van der Waals surface area contributed by atoms with Crippen molar-refractivity contribution in [3.63, 3.8) is 0 Å². The van der Waals surface area contributed by atoms with Gasteiger partial charge in [0.15, 0.2) is 0 Å². The SMILES string of the molecule is CN(C)CCCNC(=O)CCNc1ccccc1[N+](=O)[O-]. The lowest BCUT2D eigenvalue weighted by molar-refractivity contribution is -0.384. The van der Waals surface area contributed by atoms with Crippen LogP contribution >= 0.6 is 0 Å². The van der Waals surface area contributed by atoms with Gasteiger partial charge in [0, 0.05) is 25.6 Å². The Kier molecular flexibility index (Phi) is 7.17. The number of amides is 1. The van der Waals surface area contributed by atoms with E-state index in [1.165, 1.54) is 6.07 Å². The number of carbonyl (C=O) groups is 1. The van der Waals surface area contributed by atoms with Gasteiger partial charge in [-0.2, -0.15) is 0 Å². The first-order valence-corrected chi connectivity index (χ1v) is 6.89. The topological polar surface area (TPSA) is 87.5 Å². The number of nitro groups is 1. The lowest BCUT2D eigenvalue weighted by Gasteiger charge is -2.10. The van der Waals surface area contributed by atoms with Gasteiger partial charge in [-0.05, 0) is 33.1 Å². The zero-order chi connectivity index (χ0) is 15.7. The third kappa shape index (κ3) is 6.71. The van der Waals surface area contributed by atoms with Gasteiger partial charge in [-0.3, -0.25) is 14.9 Å². The number of rotatable bonds is 9. The zero-order valence-electron chi connectivity index (χ0n) is 12.5. The highest BCUT2D eigenvalue weighted by Gasteiger charge is 2.11. The summed E-state index contributed by atoms with van der Waals surface area (Å²) in [7, 11) is 3.97. The molecule has 0 saturated carbocycles. The van der Waals surface area contributed by atoms with E-state index in [1.807, 2.05) is 14.1 Å². The number of benzene rings is 1. The zero-order valence-corrected chi connectivity index (χ0v) is 12.5. The summed E-state index contributed by atoms with van der Waals surface area (Å²) in [6.07, 6.45) is 1.18. The molecule has 0 fully saturated rings. The minimum atomic E-state index is -0.441. The molecule has 0 aromatic heterocycles. The summed E-state index contributed by atoms with van der Waals surface area (Å²) < 4.78 is 0. The molecule has 0 heterocycles. The van der Waals surface area contributed by atoms with Crippen molar-refractivity contribution in [1.82, 2.24) is 10.2 Å².